The minimum Gasteiger partial charge on any atom is -0.269 e. The lowest BCUT2D eigenvalue weighted by molar-refractivity contribution is -0.0429. The van der Waals surface area contributed by atoms with Gasteiger partial charge in [-0.2, -0.15) is 0 Å². The standard InChI is InChI=1S/C20H18F4N2O/c1-20(11-17(22)23,10-13-5-3-2-4-6-13)27-26-15-9-14-7-8-16(21)18(24)19(14)25-12-15/h2-9,12,17,26H,10-11H2,1H3. The van der Waals surface area contributed by atoms with Gasteiger partial charge >= 0.3 is 0 Å². The van der Waals surface area contributed by atoms with E-state index in [2.05, 4.69) is 10.5 Å². The minimum absolute atomic E-state index is 0.111. The van der Waals surface area contributed by atoms with Crippen LogP contribution in [0.15, 0.2) is 54.7 Å². The van der Waals surface area contributed by atoms with Gasteiger partial charge < -0.3 is 0 Å². The molecule has 1 aromatic heterocycles. The van der Waals surface area contributed by atoms with Crippen LogP contribution in [-0.4, -0.2) is 17.0 Å². The van der Waals surface area contributed by atoms with Gasteiger partial charge in [0.15, 0.2) is 11.6 Å². The molecule has 3 aromatic rings. The van der Waals surface area contributed by atoms with Gasteiger partial charge in [0, 0.05) is 18.2 Å². The quantitative estimate of drug-likeness (QED) is 0.435. The fourth-order valence-electron chi connectivity index (χ4n) is 2.88. The first kappa shape index (κ1) is 19.1. The summed E-state index contributed by atoms with van der Waals surface area (Å²) in [6.45, 7) is 1.59. The molecule has 0 fully saturated rings. The Morgan fingerprint density at radius 2 is 1.85 bits per heavy atom. The lowest BCUT2D eigenvalue weighted by Crippen LogP contribution is -2.36. The smallest absolute Gasteiger partial charge is 0.241 e. The molecule has 0 saturated carbocycles. The van der Waals surface area contributed by atoms with Crippen molar-refractivity contribution in [1.29, 1.82) is 0 Å². The number of fused-ring (bicyclic) bond motifs is 1. The molecule has 0 radical (unpaired) electrons. The normalized spacial score (nSPS) is 13.7. The van der Waals surface area contributed by atoms with Crippen LogP contribution in [-0.2, 0) is 11.3 Å². The summed E-state index contributed by atoms with van der Waals surface area (Å²) in [5.41, 5.74) is 2.54. The van der Waals surface area contributed by atoms with E-state index >= 15 is 0 Å². The zero-order valence-electron chi connectivity index (χ0n) is 14.6. The van der Waals surface area contributed by atoms with E-state index < -0.39 is 30.1 Å². The second-order valence-corrected chi connectivity index (χ2v) is 6.57. The second-order valence-electron chi connectivity index (χ2n) is 6.57. The molecule has 142 valence electrons. The Bertz CT molecular complexity index is 921. The van der Waals surface area contributed by atoms with E-state index in [1.165, 1.54) is 18.3 Å². The molecule has 0 aliphatic heterocycles. The molecule has 0 aliphatic carbocycles. The monoisotopic (exact) mass is 378 g/mol. The molecule has 0 bridgehead atoms. The van der Waals surface area contributed by atoms with Crippen LogP contribution in [0.1, 0.15) is 18.9 Å². The third kappa shape index (κ3) is 4.74. The van der Waals surface area contributed by atoms with Gasteiger partial charge in [-0.25, -0.2) is 17.6 Å². The van der Waals surface area contributed by atoms with Crippen molar-refractivity contribution < 1.29 is 22.4 Å². The summed E-state index contributed by atoms with van der Waals surface area (Å²) in [6, 6.07) is 13.1. The van der Waals surface area contributed by atoms with Gasteiger partial charge in [-0.1, -0.05) is 30.3 Å². The number of pyridine rings is 1. The first-order chi connectivity index (χ1) is 12.9. The number of nitrogens with one attached hydrogen (secondary N) is 1. The van der Waals surface area contributed by atoms with Crippen LogP contribution >= 0.6 is 0 Å². The van der Waals surface area contributed by atoms with Gasteiger partial charge in [0.2, 0.25) is 6.43 Å². The zero-order valence-corrected chi connectivity index (χ0v) is 14.6. The summed E-state index contributed by atoms with van der Waals surface area (Å²) in [4.78, 5) is 9.48. The number of rotatable bonds is 7. The van der Waals surface area contributed by atoms with E-state index in [9.17, 15) is 17.6 Å². The summed E-state index contributed by atoms with van der Waals surface area (Å²) >= 11 is 0. The molecule has 0 aliphatic rings. The molecular weight excluding hydrogens is 360 g/mol. The fraction of sp³-hybridized carbons (Fsp3) is 0.250. The molecule has 3 nitrogen and oxygen atoms in total. The summed E-state index contributed by atoms with van der Waals surface area (Å²) in [7, 11) is 0. The molecule has 1 heterocycles. The Labute approximate surface area is 153 Å². The number of alkyl halides is 2. The average Bonchev–Trinajstić information content (AvgIpc) is 2.63. The van der Waals surface area contributed by atoms with Crippen molar-refractivity contribution in [3.8, 4) is 0 Å². The first-order valence-corrected chi connectivity index (χ1v) is 8.36. The van der Waals surface area contributed by atoms with Gasteiger partial charge in [0.1, 0.15) is 11.1 Å². The minimum atomic E-state index is -2.55. The summed E-state index contributed by atoms with van der Waals surface area (Å²) in [5.74, 6) is -2.02. The number of anilines is 1. The molecule has 0 spiro atoms. The average molecular weight is 378 g/mol. The number of aromatic nitrogens is 1. The molecule has 1 atom stereocenters. The van der Waals surface area contributed by atoms with Crippen molar-refractivity contribution in [2.75, 3.05) is 5.48 Å². The SMILES string of the molecule is CC(Cc1ccccc1)(CC(F)F)ONc1cnc2c(F)c(F)ccc2c1. The number of hydrogen-bond donors (Lipinski definition) is 1. The topological polar surface area (TPSA) is 34.1 Å². The molecule has 0 saturated heterocycles. The molecule has 0 amide bonds. The van der Waals surface area contributed by atoms with E-state index in [-0.39, 0.29) is 11.9 Å². The van der Waals surface area contributed by atoms with Gasteiger partial charge in [0.05, 0.1) is 11.9 Å². The van der Waals surface area contributed by atoms with Crippen LogP contribution in [0.25, 0.3) is 10.9 Å². The van der Waals surface area contributed by atoms with Crippen molar-refractivity contribution in [3.05, 3.63) is 71.9 Å². The fourth-order valence-corrected chi connectivity index (χ4v) is 2.88. The zero-order chi connectivity index (χ0) is 19.4. The molecule has 3 rings (SSSR count). The van der Waals surface area contributed by atoms with Crippen molar-refractivity contribution in [1.82, 2.24) is 4.98 Å². The Kier molecular flexibility index (Phi) is 5.60. The maximum absolute atomic E-state index is 13.7. The Morgan fingerprint density at radius 3 is 2.56 bits per heavy atom. The van der Waals surface area contributed by atoms with Crippen LogP contribution in [0, 0.1) is 11.6 Å². The first-order valence-electron chi connectivity index (χ1n) is 8.36. The highest BCUT2D eigenvalue weighted by atomic mass is 19.3. The molecule has 27 heavy (non-hydrogen) atoms. The number of nitrogens with zero attached hydrogens (tertiary/aromatic N) is 1. The van der Waals surface area contributed by atoms with E-state index in [1.807, 2.05) is 30.3 Å². The lowest BCUT2D eigenvalue weighted by Gasteiger charge is -2.29. The Balaban J connectivity index is 1.78. The molecular formula is C20H18F4N2O. The Hall–Kier alpha value is -2.67. The van der Waals surface area contributed by atoms with Gasteiger partial charge in [-0.15, -0.1) is 0 Å². The summed E-state index contributed by atoms with van der Waals surface area (Å²) in [5, 5.41) is 0.362. The lowest BCUT2D eigenvalue weighted by atomic mass is 9.93. The van der Waals surface area contributed by atoms with Gasteiger partial charge in [-0.3, -0.25) is 15.3 Å². The van der Waals surface area contributed by atoms with Crippen LogP contribution in [0.3, 0.4) is 0 Å². The highest BCUT2D eigenvalue weighted by molar-refractivity contribution is 5.82. The molecule has 2 aromatic carbocycles. The molecule has 7 heteroatoms. The highest BCUT2D eigenvalue weighted by Crippen LogP contribution is 2.27. The van der Waals surface area contributed by atoms with Crippen LogP contribution in [0.4, 0.5) is 23.2 Å². The third-order valence-corrected chi connectivity index (χ3v) is 4.17. The van der Waals surface area contributed by atoms with Gasteiger partial charge in [0.25, 0.3) is 0 Å². The largest absolute Gasteiger partial charge is 0.269 e. The van der Waals surface area contributed by atoms with E-state index in [4.69, 9.17) is 4.84 Å². The number of benzene rings is 2. The predicted octanol–water partition coefficient (Wildman–Crippen LogP) is 5.51. The maximum Gasteiger partial charge on any atom is 0.241 e. The Morgan fingerprint density at radius 1 is 1.11 bits per heavy atom. The number of hydrogen-bond acceptors (Lipinski definition) is 3. The van der Waals surface area contributed by atoms with Crippen molar-refractivity contribution in [2.24, 2.45) is 0 Å². The van der Waals surface area contributed by atoms with Crippen molar-refractivity contribution in [3.63, 3.8) is 0 Å². The third-order valence-electron chi connectivity index (χ3n) is 4.17. The molecule has 1 unspecified atom stereocenters. The van der Waals surface area contributed by atoms with E-state index in [1.54, 1.807) is 6.92 Å². The van der Waals surface area contributed by atoms with E-state index in [0.717, 1.165) is 11.6 Å². The maximum atomic E-state index is 13.7. The van der Waals surface area contributed by atoms with Crippen LogP contribution < -0.4 is 5.48 Å². The van der Waals surface area contributed by atoms with E-state index in [0.29, 0.717) is 11.1 Å². The van der Waals surface area contributed by atoms with Gasteiger partial charge in [-0.05, 0) is 30.7 Å². The highest BCUT2D eigenvalue weighted by Gasteiger charge is 2.31. The second kappa shape index (κ2) is 7.92. The molecule has 1 N–H and O–H groups in total. The summed E-state index contributed by atoms with van der Waals surface area (Å²) < 4.78 is 53.1. The van der Waals surface area contributed by atoms with Crippen molar-refractivity contribution in [2.45, 2.75) is 31.8 Å². The predicted molar refractivity (Wildman–Crippen MR) is 95.5 cm³/mol. The van der Waals surface area contributed by atoms with Crippen LogP contribution in [0.2, 0.25) is 0 Å². The number of halogens is 4. The van der Waals surface area contributed by atoms with Crippen LogP contribution in [0.5, 0.6) is 0 Å². The summed E-state index contributed by atoms with van der Waals surface area (Å²) in [6.07, 6.45) is -1.50. The van der Waals surface area contributed by atoms with Crippen molar-refractivity contribution >= 4 is 16.6 Å².